The van der Waals surface area contributed by atoms with Crippen LogP contribution < -0.4 is 0 Å². The van der Waals surface area contributed by atoms with Crippen LogP contribution in [-0.4, -0.2) is 86.3 Å². The molecule has 4 aliphatic rings. The van der Waals surface area contributed by atoms with Crippen molar-refractivity contribution in [1.82, 2.24) is 0 Å². The number of ether oxygens (including phenoxy) is 2. The zero-order valence-electron chi connectivity index (χ0n) is 41.5. The van der Waals surface area contributed by atoms with Gasteiger partial charge in [0.15, 0.2) is 6.10 Å². The van der Waals surface area contributed by atoms with Crippen LogP contribution in [0.5, 0.6) is 0 Å². The number of unbranched alkanes of at least 4 members (excludes halogenated alkanes) is 13. The second-order valence-corrected chi connectivity index (χ2v) is 24.1. The van der Waals surface area contributed by atoms with Gasteiger partial charge in [0, 0.05) is 6.61 Å². The molecule has 7 unspecified atom stereocenters. The Morgan fingerprint density at radius 3 is 2.03 bits per heavy atom. The van der Waals surface area contributed by atoms with Crippen molar-refractivity contribution in [1.29, 1.82) is 0 Å². The molecule has 362 valence electrons. The van der Waals surface area contributed by atoms with Crippen molar-refractivity contribution in [2.75, 3.05) is 47.5 Å². The van der Waals surface area contributed by atoms with Gasteiger partial charge < -0.3 is 24.0 Å². The van der Waals surface area contributed by atoms with Crippen molar-refractivity contribution in [2.45, 2.75) is 220 Å². The molecule has 0 spiro atoms. The number of phosphoric ester groups is 1. The van der Waals surface area contributed by atoms with Crippen molar-refractivity contribution in [3.63, 3.8) is 0 Å². The minimum absolute atomic E-state index is 0.0380. The molecule has 3 saturated carbocycles. The highest BCUT2D eigenvalue weighted by Crippen LogP contribution is 2.67. The molecule has 0 radical (unpaired) electrons. The van der Waals surface area contributed by atoms with Gasteiger partial charge in [-0.05, 0) is 104 Å². The standard InChI is InChI=1S/C52H96NO8P/c1-10-11-12-13-14-15-16-17-18-19-20-21-22-23-36-58-49(50(54)55)48(39-60-62(56,57)59-37-35-53(7,8)9)61-43-31-33-51(5)42(38-43)27-28-44-46-30-29-45(41(4)26-24-25-40(2)3)52(46,6)34-32-47(44)51/h27,40-41,43-49H,10-26,28-39H2,1-9H3,(H-,54,55,56,57)/p+1/t41-,43?,44?,45-,46?,47?,48?,49?,51+,52-/m1/s1. The third-order valence-electron chi connectivity index (χ3n) is 16.4. The van der Waals surface area contributed by atoms with Gasteiger partial charge in [0.1, 0.15) is 19.3 Å². The number of hydrogen-bond acceptors (Lipinski definition) is 6. The van der Waals surface area contributed by atoms with Crippen molar-refractivity contribution in [2.24, 2.45) is 46.3 Å². The van der Waals surface area contributed by atoms with Gasteiger partial charge in [-0.2, -0.15) is 0 Å². The van der Waals surface area contributed by atoms with Crippen LogP contribution >= 0.6 is 7.82 Å². The maximum atomic E-state index is 13.0. The minimum Gasteiger partial charge on any atom is -0.479 e. The lowest BCUT2D eigenvalue weighted by Crippen LogP contribution is -2.51. The van der Waals surface area contributed by atoms with Gasteiger partial charge in [-0.3, -0.25) is 9.05 Å². The summed E-state index contributed by atoms with van der Waals surface area (Å²) in [5.74, 6) is 3.45. The molecule has 2 N–H and O–H groups in total. The second kappa shape index (κ2) is 25.9. The average molecular weight is 895 g/mol. The first-order valence-corrected chi connectivity index (χ1v) is 27.5. The Kier molecular flexibility index (Phi) is 22.5. The van der Waals surface area contributed by atoms with Crippen molar-refractivity contribution in [3.8, 4) is 0 Å². The van der Waals surface area contributed by atoms with Crippen LogP contribution in [0, 0.1) is 46.3 Å². The summed E-state index contributed by atoms with van der Waals surface area (Å²) in [7, 11) is 1.48. The van der Waals surface area contributed by atoms with Crippen molar-refractivity contribution in [3.05, 3.63) is 11.6 Å². The highest BCUT2D eigenvalue weighted by atomic mass is 31.2. The molecule has 0 bridgehead atoms. The second-order valence-electron chi connectivity index (χ2n) is 22.7. The highest BCUT2D eigenvalue weighted by Gasteiger charge is 2.59. The third kappa shape index (κ3) is 16.5. The third-order valence-corrected chi connectivity index (χ3v) is 17.4. The van der Waals surface area contributed by atoms with E-state index < -0.39 is 32.6 Å². The molecule has 0 aromatic heterocycles. The summed E-state index contributed by atoms with van der Waals surface area (Å²) in [6.07, 6.45) is 30.4. The Bertz CT molecular complexity index is 1380. The maximum absolute atomic E-state index is 13.0. The first-order chi connectivity index (χ1) is 29.4. The van der Waals surface area contributed by atoms with Gasteiger partial charge in [-0.25, -0.2) is 9.36 Å². The lowest BCUT2D eigenvalue weighted by molar-refractivity contribution is -0.870. The number of carboxylic acid groups (broad SMARTS) is 1. The smallest absolute Gasteiger partial charge is 0.472 e. The van der Waals surface area contributed by atoms with Crippen LogP contribution in [0.2, 0.25) is 0 Å². The molecular formula is C52H97NO8P+. The minimum atomic E-state index is -4.45. The monoisotopic (exact) mass is 895 g/mol. The van der Waals surface area contributed by atoms with E-state index in [9.17, 15) is 19.4 Å². The van der Waals surface area contributed by atoms with E-state index in [-0.39, 0.29) is 18.1 Å². The Hall–Kier alpha value is -0.800. The van der Waals surface area contributed by atoms with E-state index in [1.54, 1.807) is 0 Å². The number of allylic oxidation sites excluding steroid dienone is 1. The molecule has 0 heterocycles. The fourth-order valence-electron chi connectivity index (χ4n) is 12.7. The normalized spacial score (nSPS) is 29.9. The highest BCUT2D eigenvalue weighted by molar-refractivity contribution is 7.47. The number of phosphoric acid groups is 1. The zero-order valence-corrected chi connectivity index (χ0v) is 42.4. The lowest BCUT2D eigenvalue weighted by Gasteiger charge is -2.58. The van der Waals surface area contributed by atoms with Crippen molar-refractivity contribution < 1.29 is 42.4 Å². The molecule has 62 heavy (non-hydrogen) atoms. The van der Waals surface area contributed by atoms with E-state index >= 15 is 0 Å². The van der Waals surface area contributed by atoms with E-state index in [1.165, 1.54) is 121 Å². The van der Waals surface area contributed by atoms with E-state index in [4.69, 9.17) is 18.5 Å². The van der Waals surface area contributed by atoms with E-state index in [1.807, 2.05) is 21.1 Å². The van der Waals surface area contributed by atoms with Gasteiger partial charge in [0.25, 0.3) is 0 Å². The average Bonchev–Trinajstić information content (AvgIpc) is 3.56. The number of carboxylic acids is 1. The summed E-state index contributed by atoms with van der Waals surface area (Å²) in [5.41, 5.74) is 2.02. The number of aliphatic carboxylic acids is 1. The quantitative estimate of drug-likeness (QED) is 0.0297. The Balaban J connectivity index is 1.33. The number of carbonyl (C=O) groups is 1. The molecular weight excluding hydrogens is 798 g/mol. The Labute approximate surface area is 380 Å². The first kappa shape index (κ1) is 53.8. The molecule has 0 aliphatic heterocycles. The van der Waals surface area contributed by atoms with Gasteiger partial charge in [0.2, 0.25) is 0 Å². The lowest BCUT2D eigenvalue weighted by atomic mass is 9.47. The Morgan fingerprint density at radius 1 is 0.806 bits per heavy atom. The maximum Gasteiger partial charge on any atom is 0.472 e. The fraction of sp³-hybridized carbons (Fsp3) is 0.942. The summed E-state index contributed by atoms with van der Waals surface area (Å²) < 4.78 is 37.2. The number of nitrogens with zero attached hydrogens (tertiary/aromatic N) is 1. The number of quaternary nitrogens is 1. The molecule has 11 atom stereocenters. The summed E-state index contributed by atoms with van der Waals surface area (Å²) in [4.78, 5) is 23.5. The molecule has 3 fully saturated rings. The van der Waals surface area contributed by atoms with Gasteiger partial charge in [-0.15, -0.1) is 0 Å². The summed E-state index contributed by atoms with van der Waals surface area (Å²) in [6, 6.07) is 0. The van der Waals surface area contributed by atoms with Gasteiger partial charge in [-0.1, -0.05) is 156 Å². The van der Waals surface area contributed by atoms with Crippen LogP contribution in [0.1, 0.15) is 202 Å². The van der Waals surface area contributed by atoms with Gasteiger partial charge in [0.05, 0.1) is 33.9 Å². The number of rotatable bonds is 32. The molecule has 4 rings (SSSR count). The summed E-state index contributed by atoms with van der Waals surface area (Å²) in [6.45, 7) is 15.1. The van der Waals surface area contributed by atoms with E-state index in [0.717, 1.165) is 74.5 Å². The molecule has 10 heteroatoms. The van der Waals surface area contributed by atoms with Gasteiger partial charge >= 0.3 is 13.8 Å². The fourth-order valence-corrected chi connectivity index (χ4v) is 13.4. The van der Waals surface area contributed by atoms with Crippen LogP contribution in [0.4, 0.5) is 0 Å². The number of likely N-dealkylation sites (N-methyl/N-ethyl adjacent to an activating group) is 1. The van der Waals surface area contributed by atoms with Crippen LogP contribution in [-0.2, 0) is 27.9 Å². The number of hydrogen-bond donors (Lipinski definition) is 2. The molecule has 9 nitrogen and oxygen atoms in total. The topological polar surface area (TPSA) is 112 Å². The summed E-state index contributed by atoms with van der Waals surface area (Å²) >= 11 is 0. The van der Waals surface area contributed by atoms with Crippen LogP contribution in [0.3, 0.4) is 0 Å². The number of fused-ring (bicyclic) bond motifs is 5. The van der Waals surface area contributed by atoms with E-state index in [0.29, 0.717) is 29.0 Å². The first-order valence-electron chi connectivity index (χ1n) is 26.0. The Morgan fingerprint density at radius 2 is 1.44 bits per heavy atom. The van der Waals surface area contributed by atoms with E-state index in [2.05, 4.69) is 47.6 Å². The van der Waals surface area contributed by atoms with Crippen molar-refractivity contribution >= 4 is 13.8 Å². The predicted octanol–water partition coefficient (Wildman–Crippen LogP) is 13.6. The molecule has 0 aromatic carbocycles. The SMILES string of the molecule is CCCCCCCCCCCCCCCCOC(C(=O)O)C(COP(=O)(O)OCC[N+](C)(C)C)OC1CC[C@@]2(C)C(=CCC3C2CC[C@@]2(C)C3CC[C@@H]2[C@H](C)CCCC(C)C)C1. The predicted molar refractivity (Wildman–Crippen MR) is 254 cm³/mol. The summed E-state index contributed by atoms with van der Waals surface area (Å²) in [5, 5.41) is 10.5. The van der Waals surface area contributed by atoms with Crippen LogP contribution in [0.25, 0.3) is 0 Å². The molecule has 0 amide bonds. The zero-order chi connectivity index (χ0) is 45.4. The largest absolute Gasteiger partial charge is 0.479 e. The van der Waals surface area contributed by atoms with Crippen LogP contribution in [0.15, 0.2) is 11.6 Å². The molecule has 0 saturated heterocycles. The molecule has 0 aromatic rings. The molecule has 4 aliphatic carbocycles.